The molecule has 1 aromatic heterocycles. The number of halogens is 2. The number of aromatic carboxylic acids is 1. The Morgan fingerprint density at radius 2 is 2.31 bits per heavy atom. The number of carbonyl (C=O) groups is 1. The second-order valence-corrected chi connectivity index (χ2v) is 3.61. The molecular weight excluding hydrogens is 200 g/mol. The fraction of sp³-hybridized carbons (Fsp3) is 0.429. The largest absolute Gasteiger partial charge is 0.477 e. The lowest BCUT2D eigenvalue weighted by Crippen LogP contribution is -2.04. The third kappa shape index (κ3) is 2.45. The summed E-state index contributed by atoms with van der Waals surface area (Å²) in [5, 5.41) is 9.11. The van der Waals surface area contributed by atoms with Crippen molar-refractivity contribution in [2.75, 3.05) is 0 Å². The van der Waals surface area contributed by atoms with Crippen molar-refractivity contribution in [3.05, 3.63) is 15.6 Å². The van der Waals surface area contributed by atoms with E-state index >= 15 is 0 Å². The minimum Gasteiger partial charge on any atom is -0.477 e. The summed E-state index contributed by atoms with van der Waals surface area (Å²) in [6, 6.07) is 0. The first kappa shape index (κ1) is 10.0. The molecule has 0 aliphatic carbocycles. The summed E-state index contributed by atoms with van der Waals surface area (Å²) in [5.41, 5.74) is -0.0231. The SMILES string of the molecule is Cc1nc(CC(F)F)c(C(=O)O)s1. The highest BCUT2D eigenvalue weighted by atomic mass is 32.1. The van der Waals surface area contributed by atoms with Gasteiger partial charge in [-0.15, -0.1) is 11.3 Å². The van der Waals surface area contributed by atoms with E-state index in [1.54, 1.807) is 6.92 Å². The van der Waals surface area contributed by atoms with Crippen molar-refractivity contribution in [1.29, 1.82) is 0 Å². The zero-order chi connectivity index (χ0) is 10.0. The third-order valence-corrected chi connectivity index (χ3v) is 2.35. The van der Waals surface area contributed by atoms with Crippen LogP contribution in [0, 0.1) is 6.92 Å². The summed E-state index contributed by atoms with van der Waals surface area (Å²) >= 11 is 0.920. The number of rotatable bonds is 3. The van der Waals surface area contributed by atoms with Crippen LogP contribution in [0.2, 0.25) is 0 Å². The second-order valence-electron chi connectivity index (χ2n) is 2.41. The lowest BCUT2D eigenvalue weighted by Gasteiger charge is -1.95. The Kier molecular flexibility index (Phi) is 2.92. The predicted octanol–water partition coefficient (Wildman–Crippen LogP) is 1.96. The van der Waals surface area contributed by atoms with Crippen LogP contribution in [-0.4, -0.2) is 22.5 Å². The molecule has 6 heteroatoms. The topological polar surface area (TPSA) is 50.2 Å². The molecule has 0 saturated heterocycles. The maximum absolute atomic E-state index is 11.9. The molecule has 1 heterocycles. The molecule has 0 fully saturated rings. The smallest absolute Gasteiger partial charge is 0.347 e. The van der Waals surface area contributed by atoms with Crippen molar-refractivity contribution >= 4 is 17.3 Å². The number of hydrogen-bond donors (Lipinski definition) is 1. The Labute approximate surface area is 77.0 Å². The van der Waals surface area contributed by atoms with Crippen LogP contribution in [0.5, 0.6) is 0 Å². The molecule has 0 unspecified atom stereocenters. The van der Waals surface area contributed by atoms with Gasteiger partial charge in [-0.1, -0.05) is 0 Å². The van der Waals surface area contributed by atoms with Gasteiger partial charge in [-0.25, -0.2) is 18.6 Å². The summed E-state index contributed by atoms with van der Waals surface area (Å²) < 4.78 is 23.9. The van der Waals surface area contributed by atoms with Gasteiger partial charge in [0.25, 0.3) is 0 Å². The molecule has 72 valence electrons. The zero-order valence-corrected chi connectivity index (χ0v) is 7.57. The number of hydrogen-bond acceptors (Lipinski definition) is 3. The number of aryl methyl sites for hydroxylation is 1. The fourth-order valence-electron chi connectivity index (χ4n) is 0.922. The molecule has 0 atom stereocenters. The van der Waals surface area contributed by atoms with E-state index in [1.165, 1.54) is 0 Å². The highest BCUT2D eigenvalue weighted by Crippen LogP contribution is 2.20. The van der Waals surface area contributed by atoms with Gasteiger partial charge in [-0.05, 0) is 6.92 Å². The third-order valence-electron chi connectivity index (χ3n) is 1.35. The first-order chi connectivity index (χ1) is 6.00. The lowest BCUT2D eigenvalue weighted by atomic mass is 10.3. The van der Waals surface area contributed by atoms with Crippen molar-refractivity contribution in [1.82, 2.24) is 4.98 Å². The molecule has 0 bridgehead atoms. The predicted molar refractivity (Wildman–Crippen MR) is 43.5 cm³/mol. The number of aromatic nitrogens is 1. The average Bonchev–Trinajstić information content (AvgIpc) is 2.29. The van der Waals surface area contributed by atoms with Gasteiger partial charge in [0.05, 0.1) is 17.1 Å². The molecule has 0 aliphatic heterocycles. The number of alkyl halides is 2. The molecule has 0 aromatic carbocycles. The van der Waals surface area contributed by atoms with Crippen LogP contribution in [0.3, 0.4) is 0 Å². The van der Waals surface area contributed by atoms with Crippen molar-refractivity contribution in [2.45, 2.75) is 19.8 Å². The molecule has 1 aromatic rings. The van der Waals surface area contributed by atoms with Gasteiger partial charge in [-0.2, -0.15) is 0 Å². The normalized spacial score (nSPS) is 10.8. The van der Waals surface area contributed by atoms with Crippen molar-refractivity contribution in [2.24, 2.45) is 0 Å². The summed E-state index contributed by atoms with van der Waals surface area (Å²) in [4.78, 5) is 14.2. The Morgan fingerprint density at radius 1 is 1.69 bits per heavy atom. The minimum absolute atomic E-state index is 0.0231. The monoisotopic (exact) mass is 207 g/mol. The average molecular weight is 207 g/mol. The van der Waals surface area contributed by atoms with E-state index in [0.717, 1.165) is 11.3 Å². The van der Waals surface area contributed by atoms with Crippen LogP contribution >= 0.6 is 11.3 Å². The minimum atomic E-state index is -2.56. The molecule has 1 N–H and O–H groups in total. The van der Waals surface area contributed by atoms with Crippen LogP contribution in [0.15, 0.2) is 0 Å². The second kappa shape index (κ2) is 3.78. The molecule has 3 nitrogen and oxygen atoms in total. The van der Waals surface area contributed by atoms with Crippen molar-refractivity contribution in [3.8, 4) is 0 Å². The Balaban J connectivity index is 2.97. The lowest BCUT2D eigenvalue weighted by molar-refractivity contribution is 0.0699. The van der Waals surface area contributed by atoms with E-state index in [0.29, 0.717) is 5.01 Å². The summed E-state index contributed by atoms with van der Waals surface area (Å²) in [6.45, 7) is 1.59. The van der Waals surface area contributed by atoms with Gasteiger partial charge in [0.15, 0.2) is 0 Å². The number of carboxylic acids is 1. The van der Waals surface area contributed by atoms with Gasteiger partial charge in [0.2, 0.25) is 6.43 Å². The molecule has 13 heavy (non-hydrogen) atoms. The van der Waals surface area contributed by atoms with Gasteiger partial charge in [-0.3, -0.25) is 0 Å². The fourth-order valence-corrected chi connectivity index (χ4v) is 1.71. The Morgan fingerprint density at radius 3 is 2.77 bits per heavy atom. The quantitative estimate of drug-likeness (QED) is 0.824. The van der Waals surface area contributed by atoms with E-state index in [9.17, 15) is 13.6 Å². The summed E-state index contributed by atoms with van der Waals surface area (Å²) in [5.74, 6) is -1.19. The number of carboxylic acid groups (broad SMARTS) is 1. The van der Waals surface area contributed by atoms with Crippen LogP contribution < -0.4 is 0 Å². The van der Waals surface area contributed by atoms with Gasteiger partial charge in [0, 0.05) is 0 Å². The summed E-state index contributed by atoms with van der Waals surface area (Å²) in [7, 11) is 0. The maximum atomic E-state index is 11.9. The van der Waals surface area contributed by atoms with E-state index < -0.39 is 18.8 Å². The van der Waals surface area contributed by atoms with E-state index in [4.69, 9.17) is 5.11 Å². The maximum Gasteiger partial charge on any atom is 0.347 e. The van der Waals surface area contributed by atoms with Crippen LogP contribution in [-0.2, 0) is 6.42 Å². The molecule has 0 saturated carbocycles. The highest BCUT2D eigenvalue weighted by Gasteiger charge is 2.18. The Hall–Kier alpha value is -1.04. The van der Waals surface area contributed by atoms with Gasteiger partial charge < -0.3 is 5.11 Å². The van der Waals surface area contributed by atoms with Crippen molar-refractivity contribution < 1.29 is 18.7 Å². The molecule has 0 spiro atoms. The standard InChI is InChI=1S/C7H7F2NO2S/c1-3-10-4(2-5(8)9)6(13-3)7(11)12/h5H,2H2,1H3,(H,11,12). The van der Waals surface area contributed by atoms with Gasteiger partial charge >= 0.3 is 5.97 Å². The van der Waals surface area contributed by atoms with Gasteiger partial charge in [0.1, 0.15) is 4.88 Å². The van der Waals surface area contributed by atoms with E-state index in [1.807, 2.05) is 0 Å². The molecular formula is C7H7F2NO2S. The molecule has 1 rings (SSSR count). The zero-order valence-electron chi connectivity index (χ0n) is 6.75. The van der Waals surface area contributed by atoms with Crippen LogP contribution in [0.4, 0.5) is 8.78 Å². The Bertz CT molecular complexity index is 324. The van der Waals surface area contributed by atoms with Crippen LogP contribution in [0.1, 0.15) is 20.4 Å². The first-order valence-corrected chi connectivity index (χ1v) is 4.30. The molecule has 0 radical (unpaired) electrons. The first-order valence-electron chi connectivity index (χ1n) is 3.48. The van der Waals surface area contributed by atoms with Crippen LogP contribution in [0.25, 0.3) is 0 Å². The van der Waals surface area contributed by atoms with E-state index in [2.05, 4.69) is 4.98 Å². The molecule has 0 aliphatic rings. The highest BCUT2D eigenvalue weighted by molar-refractivity contribution is 7.13. The number of thiazole rings is 1. The molecule has 0 amide bonds. The van der Waals surface area contributed by atoms with E-state index in [-0.39, 0.29) is 10.6 Å². The number of nitrogens with zero attached hydrogens (tertiary/aromatic N) is 1. The summed E-state index contributed by atoms with van der Waals surface area (Å²) in [6.07, 6.45) is -3.15. The van der Waals surface area contributed by atoms with Crippen molar-refractivity contribution in [3.63, 3.8) is 0 Å².